The molecule has 22 heavy (non-hydrogen) atoms. The molecule has 1 aromatic rings. The smallest absolute Gasteiger partial charge is 0.380 e. The first-order valence-corrected chi connectivity index (χ1v) is 7.63. The molecule has 1 heterocycles. The van der Waals surface area contributed by atoms with Gasteiger partial charge in [0.05, 0.1) is 0 Å². The van der Waals surface area contributed by atoms with E-state index in [4.69, 9.17) is 0 Å². The molecule has 0 bridgehead atoms. The Morgan fingerprint density at radius 2 is 1.64 bits per heavy atom. The van der Waals surface area contributed by atoms with Crippen molar-refractivity contribution in [1.29, 1.82) is 0 Å². The number of likely N-dealkylation sites (tertiary alicyclic amines) is 1. The second-order valence-corrected chi connectivity index (χ2v) is 7.21. The highest BCUT2D eigenvalue weighted by atomic mass is 19.4. The summed E-state index contributed by atoms with van der Waals surface area (Å²) in [5, 5.41) is 9.72. The molecule has 0 atom stereocenters. The molecule has 2 rings (SSSR count). The van der Waals surface area contributed by atoms with Gasteiger partial charge in [0.15, 0.2) is 5.60 Å². The molecule has 124 valence electrons. The molecule has 0 unspecified atom stereocenters. The molecule has 5 heteroatoms. The van der Waals surface area contributed by atoms with Crippen molar-refractivity contribution in [2.24, 2.45) is 0 Å². The Morgan fingerprint density at radius 1 is 1.09 bits per heavy atom. The third kappa shape index (κ3) is 3.63. The van der Waals surface area contributed by atoms with E-state index in [0.717, 1.165) is 5.56 Å². The number of nitrogens with zero attached hydrogens (tertiary/aromatic N) is 1. The highest BCUT2D eigenvalue weighted by molar-refractivity contribution is 5.32. The number of hydrogen-bond acceptors (Lipinski definition) is 2. The second-order valence-electron chi connectivity index (χ2n) is 7.21. The van der Waals surface area contributed by atoms with E-state index in [1.54, 1.807) is 0 Å². The Hall–Kier alpha value is -1.07. The lowest BCUT2D eigenvalue weighted by Gasteiger charge is -2.39. The first kappa shape index (κ1) is 17.3. The molecule has 0 spiro atoms. The summed E-state index contributed by atoms with van der Waals surface area (Å²) in [5.41, 5.74) is -0.161. The molecule has 1 N–H and O–H groups in total. The van der Waals surface area contributed by atoms with Crippen LogP contribution in [0.15, 0.2) is 24.3 Å². The predicted molar refractivity (Wildman–Crippen MR) is 80.7 cm³/mol. The lowest BCUT2D eigenvalue weighted by atomic mass is 9.83. The quantitative estimate of drug-likeness (QED) is 0.895. The Kier molecular flexibility index (Phi) is 4.60. The van der Waals surface area contributed by atoms with E-state index < -0.39 is 11.8 Å². The summed E-state index contributed by atoms with van der Waals surface area (Å²) in [5.74, 6) is 0. The number of rotatable bonds is 2. The van der Waals surface area contributed by atoms with Crippen molar-refractivity contribution in [2.75, 3.05) is 13.1 Å². The van der Waals surface area contributed by atoms with Gasteiger partial charge in [0.2, 0.25) is 0 Å². The van der Waals surface area contributed by atoms with E-state index in [1.165, 1.54) is 5.56 Å². The molecular weight excluding hydrogens is 291 g/mol. The van der Waals surface area contributed by atoms with E-state index in [1.807, 2.05) is 23.1 Å². The van der Waals surface area contributed by atoms with Crippen molar-refractivity contribution in [2.45, 2.75) is 57.3 Å². The fourth-order valence-electron chi connectivity index (χ4n) is 3.00. The minimum absolute atomic E-state index is 0.000906. The van der Waals surface area contributed by atoms with Gasteiger partial charge in [-0.1, -0.05) is 45.0 Å². The Bertz CT molecular complexity index is 511. The summed E-state index contributed by atoms with van der Waals surface area (Å²) in [4.78, 5) is 1.99. The number of hydrogen-bond donors (Lipinski definition) is 1. The summed E-state index contributed by atoms with van der Waals surface area (Å²) in [6.07, 6.45) is -5.05. The first-order chi connectivity index (χ1) is 10.0. The average Bonchev–Trinajstić information content (AvgIpc) is 2.40. The van der Waals surface area contributed by atoms with Gasteiger partial charge >= 0.3 is 6.18 Å². The molecule has 0 aromatic heterocycles. The number of halogens is 3. The number of aliphatic hydroxyl groups is 1. The zero-order chi connectivity index (χ0) is 16.6. The lowest BCUT2D eigenvalue weighted by Crippen LogP contribution is -2.53. The van der Waals surface area contributed by atoms with Crippen LogP contribution >= 0.6 is 0 Å². The average molecular weight is 315 g/mol. The van der Waals surface area contributed by atoms with E-state index in [2.05, 4.69) is 26.8 Å². The summed E-state index contributed by atoms with van der Waals surface area (Å²) in [6, 6.07) is 8.06. The largest absolute Gasteiger partial charge is 0.417 e. The van der Waals surface area contributed by atoms with Gasteiger partial charge in [-0.2, -0.15) is 13.2 Å². The molecule has 1 fully saturated rings. The first-order valence-electron chi connectivity index (χ1n) is 7.63. The van der Waals surface area contributed by atoms with Crippen molar-refractivity contribution in [3.63, 3.8) is 0 Å². The van der Waals surface area contributed by atoms with Crippen LogP contribution in [0.25, 0.3) is 0 Å². The maximum atomic E-state index is 12.8. The molecule has 1 aromatic carbocycles. The lowest BCUT2D eigenvalue weighted by molar-refractivity contribution is -0.272. The van der Waals surface area contributed by atoms with Crippen molar-refractivity contribution < 1.29 is 18.3 Å². The van der Waals surface area contributed by atoms with Gasteiger partial charge < -0.3 is 5.11 Å². The molecule has 0 amide bonds. The van der Waals surface area contributed by atoms with E-state index >= 15 is 0 Å². The van der Waals surface area contributed by atoms with Crippen molar-refractivity contribution in [3.05, 3.63) is 35.4 Å². The van der Waals surface area contributed by atoms with Crippen LogP contribution in [0.1, 0.15) is 44.7 Å². The van der Waals surface area contributed by atoms with Gasteiger partial charge in [-0.05, 0) is 29.4 Å². The highest BCUT2D eigenvalue weighted by Gasteiger charge is 2.54. The summed E-state index contributed by atoms with van der Waals surface area (Å²) in [6.45, 7) is 7.53. The van der Waals surface area contributed by atoms with Crippen LogP contribution in [0.2, 0.25) is 0 Å². The highest BCUT2D eigenvalue weighted by Crippen LogP contribution is 2.38. The second kappa shape index (κ2) is 5.85. The van der Waals surface area contributed by atoms with Crippen LogP contribution < -0.4 is 0 Å². The summed E-state index contributed by atoms with van der Waals surface area (Å²) in [7, 11) is 0. The Morgan fingerprint density at radius 3 is 2.14 bits per heavy atom. The molecule has 1 aliphatic heterocycles. The monoisotopic (exact) mass is 315 g/mol. The van der Waals surface area contributed by atoms with Gasteiger partial charge in [-0.3, -0.25) is 4.90 Å². The number of benzene rings is 1. The molecular formula is C17H24F3NO. The van der Waals surface area contributed by atoms with Gasteiger partial charge in [0.25, 0.3) is 0 Å². The van der Waals surface area contributed by atoms with Gasteiger partial charge in [-0.15, -0.1) is 0 Å². The van der Waals surface area contributed by atoms with Gasteiger partial charge in [0, 0.05) is 19.6 Å². The fraction of sp³-hybridized carbons (Fsp3) is 0.647. The van der Waals surface area contributed by atoms with Crippen LogP contribution in [0, 0.1) is 0 Å². The molecule has 1 saturated heterocycles. The van der Waals surface area contributed by atoms with Crippen molar-refractivity contribution in [3.8, 4) is 0 Å². The van der Waals surface area contributed by atoms with E-state index in [9.17, 15) is 18.3 Å². The molecule has 2 nitrogen and oxygen atoms in total. The number of alkyl halides is 3. The molecule has 0 radical (unpaired) electrons. The molecule has 0 aliphatic carbocycles. The standard InChI is InChI=1S/C17H24F3NO/c1-15(2,3)14-7-5-4-6-13(14)12-21-10-8-16(22,9-11-21)17(18,19)20/h4-7,22H,8-12H2,1-3H3. The Balaban J connectivity index is 2.06. The van der Waals surface area contributed by atoms with Crippen LogP contribution in [-0.4, -0.2) is 34.9 Å². The maximum absolute atomic E-state index is 12.8. The maximum Gasteiger partial charge on any atom is 0.417 e. The van der Waals surface area contributed by atoms with Gasteiger partial charge in [-0.25, -0.2) is 0 Å². The van der Waals surface area contributed by atoms with Crippen LogP contribution in [-0.2, 0) is 12.0 Å². The minimum atomic E-state index is -4.54. The third-order valence-electron chi connectivity index (χ3n) is 4.43. The molecule has 1 aliphatic rings. The van der Waals surface area contributed by atoms with Crippen LogP contribution in [0.5, 0.6) is 0 Å². The summed E-state index contributed by atoms with van der Waals surface area (Å²) < 4.78 is 38.5. The normalized spacial score (nSPS) is 20.1. The molecule has 0 saturated carbocycles. The van der Waals surface area contributed by atoms with Crippen LogP contribution in [0.4, 0.5) is 13.2 Å². The Labute approximate surface area is 129 Å². The topological polar surface area (TPSA) is 23.5 Å². The minimum Gasteiger partial charge on any atom is -0.380 e. The van der Waals surface area contributed by atoms with Gasteiger partial charge in [0.1, 0.15) is 0 Å². The van der Waals surface area contributed by atoms with Crippen molar-refractivity contribution in [1.82, 2.24) is 4.90 Å². The third-order valence-corrected chi connectivity index (χ3v) is 4.43. The zero-order valence-electron chi connectivity index (χ0n) is 13.4. The fourth-order valence-corrected chi connectivity index (χ4v) is 3.00. The zero-order valence-corrected chi connectivity index (χ0v) is 13.4. The summed E-state index contributed by atoms with van der Waals surface area (Å²) >= 11 is 0. The van der Waals surface area contributed by atoms with E-state index in [0.29, 0.717) is 6.54 Å². The number of piperidine rings is 1. The van der Waals surface area contributed by atoms with Crippen molar-refractivity contribution >= 4 is 0 Å². The SMILES string of the molecule is CC(C)(C)c1ccccc1CN1CCC(O)(C(F)(F)F)CC1. The van der Waals surface area contributed by atoms with E-state index in [-0.39, 0.29) is 31.3 Å². The van der Waals surface area contributed by atoms with Crippen LogP contribution in [0.3, 0.4) is 0 Å². The predicted octanol–water partition coefficient (Wildman–Crippen LogP) is 3.87.